The molecule has 1 heterocycles. The van der Waals surface area contributed by atoms with E-state index in [1.54, 1.807) is 4.90 Å². The van der Waals surface area contributed by atoms with Crippen molar-refractivity contribution < 1.29 is 14.6 Å². The van der Waals surface area contributed by atoms with Gasteiger partial charge in [-0.2, -0.15) is 0 Å². The first-order valence-electron chi connectivity index (χ1n) is 7.10. The minimum Gasteiger partial charge on any atom is -0.444 e. The third kappa shape index (κ3) is 4.86. The predicted octanol–water partition coefficient (Wildman–Crippen LogP) is 2.96. The lowest BCUT2D eigenvalue weighted by Gasteiger charge is -2.32. The number of hydrogen-bond donors (Lipinski definition) is 1. The number of aliphatic hydroxyl groups excluding tert-OH is 1. The molecule has 110 valence electrons. The number of likely N-dealkylation sites (tertiary alicyclic amines) is 1. The second kappa shape index (κ2) is 6.94. The zero-order valence-corrected chi connectivity index (χ0v) is 12.4. The summed E-state index contributed by atoms with van der Waals surface area (Å²) in [5, 5.41) is 9.53. The van der Waals surface area contributed by atoms with Crippen LogP contribution < -0.4 is 0 Å². The molecule has 0 spiro atoms. The number of carbonyl (C=O) groups excluding carboxylic acids is 1. The van der Waals surface area contributed by atoms with Gasteiger partial charge in [-0.15, -0.1) is 6.58 Å². The van der Waals surface area contributed by atoms with Gasteiger partial charge in [0.2, 0.25) is 0 Å². The van der Waals surface area contributed by atoms with Crippen molar-refractivity contribution in [3.63, 3.8) is 0 Å². The fourth-order valence-electron chi connectivity index (χ4n) is 2.57. The number of hydrogen-bond acceptors (Lipinski definition) is 3. The molecule has 4 nitrogen and oxygen atoms in total. The van der Waals surface area contributed by atoms with E-state index in [1.165, 1.54) is 0 Å². The maximum absolute atomic E-state index is 12.2. The number of carbonyl (C=O) groups is 1. The molecule has 2 atom stereocenters. The largest absolute Gasteiger partial charge is 0.444 e. The van der Waals surface area contributed by atoms with Gasteiger partial charge in [0.05, 0.1) is 0 Å². The lowest BCUT2D eigenvalue weighted by atomic mass is 9.93. The molecular weight excluding hydrogens is 242 g/mol. The van der Waals surface area contributed by atoms with E-state index in [0.717, 1.165) is 32.2 Å². The van der Waals surface area contributed by atoms with E-state index in [1.807, 2.05) is 26.8 Å². The van der Waals surface area contributed by atoms with Gasteiger partial charge in [0, 0.05) is 25.1 Å². The Bertz CT molecular complexity index is 309. The average molecular weight is 269 g/mol. The first kappa shape index (κ1) is 16.0. The van der Waals surface area contributed by atoms with Gasteiger partial charge in [-0.1, -0.05) is 6.08 Å². The maximum Gasteiger partial charge on any atom is 0.410 e. The Morgan fingerprint density at radius 3 is 2.79 bits per heavy atom. The van der Waals surface area contributed by atoms with Crippen LogP contribution in [-0.2, 0) is 4.74 Å². The van der Waals surface area contributed by atoms with E-state index in [0.29, 0.717) is 0 Å². The van der Waals surface area contributed by atoms with Crippen LogP contribution in [0.3, 0.4) is 0 Å². The van der Waals surface area contributed by atoms with E-state index in [9.17, 15) is 9.90 Å². The second-order valence-corrected chi connectivity index (χ2v) is 6.19. The van der Waals surface area contributed by atoms with E-state index < -0.39 is 5.60 Å². The molecular formula is C15H27NO3. The lowest BCUT2D eigenvalue weighted by molar-refractivity contribution is 0.0138. The topological polar surface area (TPSA) is 49.8 Å². The van der Waals surface area contributed by atoms with Crippen molar-refractivity contribution in [3.05, 3.63) is 12.7 Å². The van der Waals surface area contributed by atoms with E-state index >= 15 is 0 Å². The molecule has 1 aliphatic heterocycles. The standard InChI is InChI=1S/C15H27NO3/c1-5-6-8-12(11-17)13-9-7-10-16(13)14(18)19-15(2,3)4/h5,12-13,17H,1,6-11H2,2-4H3. The van der Waals surface area contributed by atoms with Crippen LogP contribution in [0.4, 0.5) is 4.79 Å². The summed E-state index contributed by atoms with van der Waals surface area (Å²) in [5.41, 5.74) is -0.472. The molecule has 1 fully saturated rings. The van der Waals surface area contributed by atoms with Gasteiger partial charge in [-0.25, -0.2) is 4.79 Å². The quantitative estimate of drug-likeness (QED) is 0.781. The molecule has 1 amide bonds. The van der Waals surface area contributed by atoms with Crippen molar-refractivity contribution in [1.82, 2.24) is 4.90 Å². The van der Waals surface area contributed by atoms with Gasteiger partial charge in [-0.3, -0.25) is 0 Å². The normalized spacial score (nSPS) is 21.3. The molecule has 1 aliphatic rings. The summed E-state index contributed by atoms with van der Waals surface area (Å²) in [7, 11) is 0. The Hall–Kier alpha value is -1.03. The lowest BCUT2D eigenvalue weighted by Crippen LogP contribution is -2.43. The van der Waals surface area contributed by atoms with Gasteiger partial charge in [0.1, 0.15) is 5.60 Å². The predicted molar refractivity (Wildman–Crippen MR) is 76.0 cm³/mol. The summed E-state index contributed by atoms with van der Waals surface area (Å²) in [6, 6.07) is 0.0970. The van der Waals surface area contributed by atoms with Crippen LogP contribution in [0.15, 0.2) is 12.7 Å². The van der Waals surface area contributed by atoms with Crippen molar-refractivity contribution in [2.45, 2.75) is 58.1 Å². The highest BCUT2D eigenvalue weighted by molar-refractivity contribution is 5.69. The van der Waals surface area contributed by atoms with Crippen LogP contribution in [0.2, 0.25) is 0 Å². The van der Waals surface area contributed by atoms with Gasteiger partial charge in [0.25, 0.3) is 0 Å². The molecule has 0 saturated carbocycles. The number of nitrogens with zero attached hydrogens (tertiary/aromatic N) is 1. The molecule has 0 aromatic carbocycles. The summed E-state index contributed by atoms with van der Waals surface area (Å²) >= 11 is 0. The van der Waals surface area contributed by atoms with Crippen LogP contribution in [0.5, 0.6) is 0 Å². The third-order valence-corrected chi connectivity index (χ3v) is 3.45. The molecule has 1 rings (SSSR count). The minimum absolute atomic E-state index is 0.0970. The summed E-state index contributed by atoms with van der Waals surface area (Å²) in [6.07, 6.45) is 5.26. The molecule has 1 saturated heterocycles. The number of aliphatic hydroxyl groups is 1. The van der Waals surface area contributed by atoms with Crippen molar-refractivity contribution >= 4 is 6.09 Å². The molecule has 1 N–H and O–H groups in total. The first-order chi connectivity index (χ1) is 8.89. The summed E-state index contributed by atoms with van der Waals surface area (Å²) in [5.74, 6) is 0.119. The van der Waals surface area contributed by atoms with Crippen molar-refractivity contribution in [3.8, 4) is 0 Å². The van der Waals surface area contributed by atoms with Gasteiger partial charge in [0.15, 0.2) is 0 Å². The SMILES string of the molecule is C=CCCC(CO)C1CCCN1C(=O)OC(C)(C)C. The highest BCUT2D eigenvalue weighted by Gasteiger charge is 2.36. The Kier molecular flexibility index (Phi) is 5.85. The van der Waals surface area contributed by atoms with E-state index in [-0.39, 0.29) is 24.7 Å². The average Bonchev–Trinajstić information content (AvgIpc) is 2.77. The molecule has 0 radical (unpaired) electrons. The van der Waals surface area contributed by atoms with Crippen molar-refractivity contribution in [2.75, 3.05) is 13.2 Å². The molecule has 2 unspecified atom stereocenters. The van der Waals surface area contributed by atoms with Crippen molar-refractivity contribution in [2.24, 2.45) is 5.92 Å². The summed E-state index contributed by atoms with van der Waals surface area (Å²) in [6.45, 7) is 10.2. The maximum atomic E-state index is 12.2. The van der Waals surface area contributed by atoms with Crippen LogP contribution in [0, 0.1) is 5.92 Å². The monoisotopic (exact) mass is 269 g/mol. The van der Waals surface area contributed by atoms with Crippen LogP contribution in [0.1, 0.15) is 46.5 Å². The van der Waals surface area contributed by atoms with E-state index in [4.69, 9.17) is 4.74 Å². The zero-order valence-electron chi connectivity index (χ0n) is 12.4. The van der Waals surface area contributed by atoms with Crippen LogP contribution >= 0.6 is 0 Å². The van der Waals surface area contributed by atoms with Gasteiger partial charge in [-0.05, 0) is 46.5 Å². The number of rotatable bonds is 5. The fourth-order valence-corrected chi connectivity index (χ4v) is 2.57. The first-order valence-corrected chi connectivity index (χ1v) is 7.10. The Labute approximate surface area is 116 Å². The molecule has 0 aromatic rings. The van der Waals surface area contributed by atoms with Gasteiger partial charge < -0.3 is 14.7 Å². The van der Waals surface area contributed by atoms with Gasteiger partial charge >= 0.3 is 6.09 Å². The highest BCUT2D eigenvalue weighted by Crippen LogP contribution is 2.28. The third-order valence-electron chi connectivity index (χ3n) is 3.45. The molecule has 0 bridgehead atoms. The summed E-state index contributed by atoms with van der Waals surface area (Å²) in [4.78, 5) is 14.0. The number of amides is 1. The smallest absolute Gasteiger partial charge is 0.410 e. The van der Waals surface area contributed by atoms with Crippen LogP contribution in [0.25, 0.3) is 0 Å². The Balaban J connectivity index is 2.66. The Morgan fingerprint density at radius 1 is 1.58 bits per heavy atom. The molecule has 19 heavy (non-hydrogen) atoms. The second-order valence-electron chi connectivity index (χ2n) is 6.19. The molecule has 4 heteroatoms. The number of ether oxygens (including phenoxy) is 1. The van der Waals surface area contributed by atoms with Crippen LogP contribution in [-0.4, -0.2) is 40.9 Å². The highest BCUT2D eigenvalue weighted by atomic mass is 16.6. The zero-order chi connectivity index (χ0) is 14.5. The minimum atomic E-state index is -0.472. The van der Waals surface area contributed by atoms with E-state index in [2.05, 4.69) is 6.58 Å². The fraction of sp³-hybridized carbons (Fsp3) is 0.800. The summed E-state index contributed by atoms with van der Waals surface area (Å²) < 4.78 is 5.44. The number of allylic oxidation sites excluding steroid dienone is 1. The molecule has 0 aromatic heterocycles. The van der Waals surface area contributed by atoms with Crippen molar-refractivity contribution in [1.29, 1.82) is 0 Å². The molecule has 0 aliphatic carbocycles. The Morgan fingerprint density at radius 2 is 2.26 bits per heavy atom.